The zero-order valence-electron chi connectivity index (χ0n) is 24.1. The molecule has 0 aliphatic carbocycles. The molecule has 1 aromatic heterocycles. The Labute approximate surface area is 228 Å². The van der Waals surface area contributed by atoms with E-state index in [0.717, 1.165) is 19.4 Å². The summed E-state index contributed by atoms with van der Waals surface area (Å²) in [6.45, 7) is 5.79. The molecule has 0 N–H and O–H groups in total. The van der Waals surface area contributed by atoms with Crippen molar-refractivity contribution in [2.24, 2.45) is 7.05 Å². The largest absolute Gasteiger partial charge is 0.260 e. The van der Waals surface area contributed by atoms with Gasteiger partial charge in [-0.05, 0) is 29.9 Å². The average Bonchev–Trinajstić information content (AvgIpc) is 3.21. The van der Waals surface area contributed by atoms with Gasteiger partial charge < -0.3 is 0 Å². The summed E-state index contributed by atoms with van der Waals surface area (Å²) in [5.41, 5.74) is 4.26. The first-order valence-electron chi connectivity index (χ1n) is 15.3. The normalized spacial score (nSPS) is 12.2. The van der Waals surface area contributed by atoms with E-state index >= 15 is 0 Å². The second-order valence-corrected chi connectivity index (χ2v) is 11.2. The number of aryl methyl sites for hydroxylation is 1. The van der Waals surface area contributed by atoms with Gasteiger partial charge in [0.2, 0.25) is 0 Å². The lowest BCUT2D eigenvalue weighted by Gasteiger charge is -2.10. The summed E-state index contributed by atoms with van der Waals surface area (Å²) in [7, 11) is 2.27. The van der Waals surface area contributed by atoms with Crippen LogP contribution in [-0.2, 0) is 26.4 Å². The van der Waals surface area contributed by atoms with Crippen LogP contribution in [0.4, 0.5) is 0 Å². The summed E-state index contributed by atoms with van der Waals surface area (Å²) in [4.78, 5) is 0. The summed E-state index contributed by atoms with van der Waals surface area (Å²) in [5.74, 6) is 1.95. The topological polar surface area (TPSA) is 8.81 Å². The second-order valence-electron chi connectivity index (χ2n) is 11.2. The molecular formula is C35H53N2+. The molecule has 1 atom stereocenters. The molecule has 2 heteroatoms. The van der Waals surface area contributed by atoms with E-state index < -0.39 is 0 Å². The lowest BCUT2D eigenvalue weighted by molar-refractivity contribution is -0.704. The number of imidazole rings is 1. The molecule has 3 aromatic rings. The van der Waals surface area contributed by atoms with Crippen molar-refractivity contribution in [1.29, 1.82) is 0 Å². The van der Waals surface area contributed by atoms with Crippen molar-refractivity contribution >= 4 is 0 Å². The number of hydrogen-bond acceptors (Lipinski definition) is 0. The van der Waals surface area contributed by atoms with Crippen LogP contribution in [0.15, 0.2) is 66.9 Å². The van der Waals surface area contributed by atoms with Crippen LogP contribution in [0.5, 0.6) is 0 Å². The predicted octanol–water partition coefficient (Wildman–Crippen LogP) is 9.34. The summed E-state index contributed by atoms with van der Waals surface area (Å²) < 4.78 is 5.02. The van der Waals surface area contributed by atoms with Crippen molar-refractivity contribution in [3.63, 3.8) is 0 Å². The van der Waals surface area contributed by atoms with Gasteiger partial charge in [0.05, 0.1) is 20.0 Å². The minimum atomic E-state index is 0.518. The van der Waals surface area contributed by atoms with E-state index in [-0.39, 0.29) is 0 Å². The van der Waals surface area contributed by atoms with Gasteiger partial charge in [0.1, 0.15) is 11.9 Å². The zero-order chi connectivity index (χ0) is 26.1. The quantitative estimate of drug-likeness (QED) is 0.114. The van der Waals surface area contributed by atoms with Crippen LogP contribution in [-0.4, -0.2) is 4.57 Å². The minimum Gasteiger partial charge on any atom is -0.234 e. The van der Waals surface area contributed by atoms with E-state index in [9.17, 15) is 0 Å². The first kappa shape index (κ1) is 29.2. The highest BCUT2D eigenvalue weighted by molar-refractivity contribution is 5.22. The van der Waals surface area contributed by atoms with Gasteiger partial charge in [-0.1, -0.05) is 145 Å². The van der Waals surface area contributed by atoms with E-state index in [2.05, 4.69) is 96.9 Å². The maximum atomic E-state index is 2.55. The maximum absolute atomic E-state index is 2.55. The van der Waals surface area contributed by atoms with Gasteiger partial charge in [0, 0.05) is 6.42 Å². The van der Waals surface area contributed by atoms with Gasteiger partial charge in [0.25, 0.3) is 5.82 Å². The van der Waals surface area contributed by atoms with Gasteiger partial charge in [0.15, 0.2) is 0 Å². The molecule has 0 aliphatic rings. The summed E-state index contributed by atoms with van der Waals surface area (Å²) >= 11 is 0. The first-order valence-corrected chi connectivity index (χ1v) is 15.3. The van der Waals surface area contributed by atoms with Crippen molar-refractivity contribution in [1.82, 2.24) is 4.57 Å². The lowest BCUT2D eigenvalue weighted by Crippen LogP contribution is -2.37. The third-order valence-corrected chi connectivity index (χ3v) is 8.05. The minimum absolute atomic E-state index is 0.518. The molecule has 1 heterocycles. The van der Waals surface area contributed by atoms with Crippen LogP contribution >= 0.6 is 0 Å². The number of nitrogens with zero attached hydrogens (tertiary/aromatic N) is 2. The van der Waals surface area contributed by atoms with E-state index in [1.54, 1.807) is 0 Å². The van der Waals surface area contributed by atoms with E-state index in [1.165, 1.54) is 106 Å². The highest BCUT2D eigenvalue weighted by atomic mass is 15.1. The van der Waals surface area contributed by atoms with Crippen molar-refractivity contribution in [2.45, 2.75) is 123 Å². The van der Waals surface area contributed by atoms with E-state index in [4.69, 9.17) is 0 Å². The molecule has 0 saturated heterocycles. The number of hydrogen-bond donors (Lipinski definition) is 0. The Balaban J connectivity index is 1.46. The van der Waals surface area contributed by atoms with Crippen molar-refractivity contribution < 1.29 is 4.57 Å². The number of aromatic nitrogens is 2. The van der Waals surface area contributed by atoms with Gasteiger partial charge >= 0.3 is 0 Å². The van der Waals surface area contributed by atoms with Gasteiger partial charge in [-0.15, -0.1) is 0 Å². The number of unbranched alkanes of at least 4 members (excludes halogenated alkanes) is 12. The molecule has 0 aliphatic heterocycles. The Kier molecular flexibility index (Phi) is 13.6. The molecule has 202 valence electrons. The van der Waals surface area contributed by atoms with Crippen LogP contribution in [0.3, 0.4) is 0 Å². The molecule has 1 unspecified atom stereocenters. The Morgan fingerprint density at radius 3 is 1.76 bits per heavy atom. The summed E-state index contributed by atoms with van der Waals surface area (Å²) in [6, 6.07) is 21.9. The number of benzene rings is 2. The van der Waals surface area contributed by atoms with Gasteiger partial charge in [-0.25, -0.2) is 9.13 Å². The van der Waals surface area contributed by atoms with Crippen LogP contribution < -0.4 is 4.57 Å². The predicted molar refractivity (Wildman–Crippen MR) is 159 cm³/mol. The van der Waals surface area contributed by atoms with Crippen LogP contribution in [0.2, 0.25) is 0 Å². The molecule has 37 heavy (non-hydrogen) atoms. The van der Waals surface area contributed by atoms with E-state index in [1.807, 2.05) is 0 Å². The molecule has 0 spiro atoms. The third kappa shape index (κ3) is 10.5. The van der Waals surface area contributed by atoms with Crippen molar-refractivity contribution in [3.8, 4) is 0 Å². The van der Waals surface area contributed by atoms with Crippen LogP contribution in [0, 0.1) is 0 Å². The SMILES string of the molecule is CCCCCCCCCCCCCCC[n+]1cc(CC(C)c2ccccc2)n(C)c1Cc1ccccc1. The van der Waals surface area contributed by atoms with Crippen LogP contribution in [0.1, 0.15) is 126 Å². The molecule has 2 nitrogen and oxygen atoms in total. The monoisotopic (exact) mass is 501 g/mol. The first-order chi connectivity index (χ1) is 18.2. The molecule has 2 aromatic carbocycles. The van der Waals surface area contributed by atoms with Crippen LogP contribution in [0.25, 0.3) is 0 Å². The molecule has 0 bridgehead atoms. The fourth-order valence-electron chi connectivity index (χ4n) is 5.59. The lowest BCUT2D eigenvalue weighted by atomic mass is 9.96. The van der Waals surface area contributed by atoms with Crippen molar-refractivity contribution in [3.05, 3.63) is 89.5 Å². The highest BCUT2D eigenvalue weighted by Gasteiger charge is 2.22. The Hall–Kier alpha value is -2.35. The fourth-order valence-corrected chi connectivity index (χ4v) is 5.59. The van der Waals surface area contributed by atoms with Crippen molar-refractivity contribution in [2.75, 3.05) is 0 Å². The summed E-state index contributed by atoms with van der Waals surface area (Å²) in [6.07, 6.45) is 22.8. The number of rotatable bonds is 19. The van der Waals surface area contributed by atoms with Gasteiger partial charge in [-0.3, -0.25) is 0 Å². The highest BCUT2D eigenvalue weighted by Crippen LogP contribution is 2.21. The molecule has 3 rings (SSSR count). The van der Waals surface area contributed by atoms with Gasteiger partial charge in [-0.2, -0.15) is 0 Å². The Bertz CT molecular complexity index is 973. The Morgan fingerprint density at radius 1 is 0.676 bits per heavy atom. The summed E-state index contributed by atoms with van der Waals surface area (Å²) in [5, 5.41) is 0. The maximum Gasteiger partial charge on any atom is 0.260 e. The smallest absolute Gasteiger partial charge is 0.234 e. The molecule has 0 radical (unpaired) electrons. The standard InChI is InChI=1S/C35H53N2/c1-4-5-6-7-8-9-10-11-12-13-14-15-22-27-37-30-34(28-31(2)33-25-20-17-21-26-33)36(3)35(37)29-32-23-18-16-19-24-32/h16-21,23-26,30-31H,4-15,22,27-29H2,1-3H3/q+1. The molecule has 0 fully saturated rings. The molecular weight excluding hydrogens is 448 g/mol. The molecule has 0 amide bonds. The average molecular weight is 502 g/mol. The van der Waals surface area contributed by atoms with E-state index in [0.29, 0.717) is 5.92 Å². The fraction of sp³-hybridized carbons (Fsp3) is 0.571. The Morgan fingerprint density at radius 2 is 1.19 bits per heavy atom. The zero-order valence-corrected chi connectivity index (χ0v) is 24.1. The second kappa shape index (κ2) is 17.2. The third-order valence-electron chi connectivity index (χ3n) is 8.05. The molecule has 0 saturated carbocycles.